The van der Waals surface area contributed by atoms with E-state index < -0.39 is 28.9 Å². The van der Waals surface area contributed by atoms with E-state index in [1.54, 1.807) is 6.08 Å². The summed E-state index contributed by atoms with van der Waals surface area (Å²) in [6, 6.07) is 6.75. The molecular formula is C14H5F3NO2. The van der Waals surface area contributed by atoms with Gasteiger partial charge in [-0.2, -0.15) is 18.4 Å². The lowest BCUT2D eigenvalue weighted by molar-refractivity contribution is -0.127. The maximum atomic E-state index is 12.9. The van der Waals surface area contributed by atoms with E-state index in [1.165, 1.54) is 24.3 Å². The molecule has 20 heavy (non-hydrogen) atoms. The van der Waals surface area contributed by atoms with Gasteiger partial charge in [0, 0.05) is 11.6 Å². The number of allylic oxidation sites excluding steroid dienone is 4. The lowest BCUT2D eigenvalue weighted by atomic mass is 9.89. The van der Waals surface area contributed by atoms with Crippen molar-refractivity contribution in [2.24, 2.45) is 0 Å². The van der Waals surface area contributed by atoms with E-state index in [-0.39, 0.29) is 11.1 Å². The molecule has 1 aromatic rings. The number of alkyl halides is 3. The van der Waals surface area contributed by atoms with Crippen LogP contribution in [0, 0.1) is 17.4 Å². The average Bonchev–Trinajstić information content (AvgIpc) is 2.40. The quantitative estimate of drug-likeness (QED) is 0.740. The van der Waals surface area contributed by atoms with E-state index in [0.717, 1.165) is 0 Å². The Morgan fingerprint density at radius 2 is 1.70 bits per heavy atom. The number of ketones is 2. The summed E-state index contributed by atoms with van der Waals surface area (Å²) in [7, 11) is 0. The third-order valence-corrected chi connectivity index (χ3v) is 2.64. The SMILES string of the molecule is N#Cc1ccc(C2=C(C(F)(F)F)C(=O)[C]=CC2=O)cc1. The Morgan fingerprint density at radius 3 is 2.20 bits per heavy atom. The van der Waals surface area contributed by atoms with Crippen molar-refractivity contribution in [3.05, 3.63) is 53.1 Å². The molecule has 0 saturated heterocycles. The van der Waals surface area contributed by atoms with Gasteiger partial charge < -0.3 is 0 Å². The van der Waals surface area contributed by atoms with Crippen LogP contribution in [0.15, 0.2) is 35.9 Å². The van der Waals surface area contributed by atoms with Gasteiger partial charge in [0.2, 0.25) is 0 Å². The predicted octanol–water partition coefficient (Wildman–Crippen LogP) is 2.39. The van der Waals surface area contributed by atoms with Crippen molar-refractivity contribution >= 4 is 17.1 Å². The third kappa shape index (κ3) is 2.38. The maximum Gasteiger partial charge on any atom is 0.420 e. The summed E-state index contributed by atoms with van der Waals surface area (Å²) in [6.45, 7) is 0. The largest absolute Gasteiger partial charge is 0.420 e. The fraction of sp³-hybridized carbons (Fsp3) is 0.0714. The number of carbonyl (C=O) groups is 2. The normalized spacial score (nSPS) is 15.5. The van der Waals surface area contributed by atoms with Gasteiger partial charge in [-0.3, -0.25) is 9.59 Å². The van der Waals surface area contributed by atoms with Crippen LogP contribution in [0.1, 0.15) is 11.1 Å². The molecule has 2 rings (SSSR count). The lowest BCUT2D eigenvalue weighted by Crippen LogP contribution is -2.26. The predicted molar refractivity (Wildman–Crippen MR) is 62.0 cm³/mol. The highest BCUT2D eigenvalue weighted by molar-refractivity contribution is 6.35. The number of hydrogen-bond acceptors (Lipinski definition) is 3. The summed E-state index contributed by atoms with van der Waals surface area (Å²) < 4.78 is 38.7. The van der Waals surface area contributed by atoms with Crippen LogP contribution in [0.3, 0.4) is 0 Å². The second-order valence-electron chi connectivity index (χ2n) is 3.92. The van der Waals surface area contributed by atoms with E-state index in [0.29, 0.717) is 6.08 Å². The molecule has 6 heteroatoms. The van der Waals surface area contributed by atoms with Crippen LogP contribution in [-0.4, -0.2) is 17.7 Å². The Balaban J connectivity index is 2.67. The van der Waals surface area contributed by atoms with E-state index >= 15 is 0 Å². The van der Waals surface area contributed by atoms with Gasteiger partial charge in [-0.05, 0) is 23.8 Å². The number of Topliss-reactive ketones (excluding diaryl/α,β-unsaturated/α-hetero) is 1. The fourth-order valence-corrected chi connectivity index (χ4v) is 1.78. The van der Waals surface area contributed by atoms with Crippen LogP contribution in [-0.2, 0) is 9.59 Å². The minimum Gasteiger partial charge on any atom is -0.289 e. The monoisotopic (exact) mass is 276 g/mol. The van der Waals surface area contributed by atoms with Crippen LogP contribution in [0.25, 0.3) is 5.57 Å². The number of benzene rings is 1. The molecular weight excluding hydrogens is 271 g/mol. The Hall–Kier alpha value is -2.68. The summed E-state index contributed by atoms with van der Waals surface area (Å²) in [5, 5.41) is 8.63. The molecule has 1 aliphatic carbocycles. The van der Waals surface area contributed by atoms with Crippen LogP contribution in [0.4, 0.5) is 13.2 Å². The molecule has 1 radical (unpaired) electrons. The topological polar surface area (TPSA) is 57.9 Å². The molecule has 1 aromatic carbocycles. The number of hydrogen-bond donors (Lipinski definition) is 0. The molecule has 0 fully saturated rings. The van der Waals surface area contributed by atoms with Gasteiger partial charge in [0.15, 0.2) is 11.6 Å². The smallest absolute Gasteiger partial charge is 0.289 e. The first-order chi connectivity index (χ1) is 9.34. The first kappa shape index (κ1) is 13.7. The summed E-state index contributed by atoms with van der Waals surface area (Å²) >= 11 is 0. The van der Waals surface area contributed by atoms with Gasteiger partial charge >= 0.3 is 6.18 Å². The number of nitriles is 1. The summed E-state index contributed by atoms with van der Waals surface area (Å²) in [5.74, 6) is -2.32. The van der Waals surface area contributed by atoms with Crippen LogP contribution >= 0.6 is 0 Å². The van der Waals surface area contributed by atoms with Gasteiger partial charge in [0.25, 0.3) is 0 Å². The van der Waals surface area contributed by atoms with Gasteiger partial charge in [-0.15, -0.1) is 0 Å². The molecule has 0 N–H and O–H groups in total. The van der Waals surface area contributed by atoms with Crippen molar-refractivity contribution in [3.63, 3.8) is 0 Å². The molecule has 99 valence electrons. The van der Waals surface area contributed by atoms with Gasteiger partial charge in [0.1, 0.15) is 5.57 Å². The number of carbonyl (C=O) groups excluding carboxylic acids is 2. The van der Waals surface area contributed by atoms with Crippen LogP contribution in [0.5, 0.6) is 0 Å². The van der Waals surface area contributed by atoms with E-state index in [9.17, 15) is 22.8 Å². The highest BCUT2D eigenvalue weighted by Gasteiger charge is 2.43. The Labute approximate surface area is 111 Å². The van der Waals surface area contributed by atoms with E-state index in [4.69, 9.17) is 5.26 Å². The summed E-state index contributed by atoms with van der Waals surface area (Å²) in [5.41, 5.74) is -2.08. The third-order valence-electron chi connectivity index (χ3n) is 2.64. The molecule has 3 nitrogen and oxygen atoms in total. The van der Waals surface area contributed by atoms with Crippen molar-refractivity contribution in [1.82, 2.24) is 0 Å². The fourth-order valence-electron chi connectivity index (χ4n) is 1.78. The maximum absolute atomic E-state index is 12.9. The van der Waals surface area contributed by atoms with Crippen molar-refractivity contribution in [2.45, 2.75) is 6.18 Å². The summed E-state index contributed by atoms with van der Waals surface area (Å²) in [6.07, 6.45) is -2.49. The molecule has 0 amide bonds. The molecule has 0 saturated carbocycles. The Morgan fingerprint density at radius 1 is 1.10 bits per heavy atom. The zero-order valence-corrected chi connectivity index (χ0v) is 9.78. The van der Waals surface area contributed by atoms with Crippen molar-refractivity contribution in [3.8, 4) is 6.07 Å². The van der Waals surface area contributed by atoms with Crippen molar-refractivity contribution < 1.29 is 22.8 Å². The van der Waals surface area contributed by atoms with Gasteiger partial charge in [0.05, 0.1) is 11.6 Å². The highest BCUT2D eigenvalue weighted by atomic mass is 19.4. The van der Waals surface area contributed by atoms with Crippen molar-refractivity contribution in [1.29, 1.82) is 5.26 Å². The van der Waals surface area contributed by atoms with Crippen LogP contribution in [0.2, 0.25) is 0 Å². The first-order valence-corrected chi connectivity index (χ1v) is 5.35. The number of rotatable bonds is 1. The standard InChI is InChI=1S/C14H5F3NO2/c15-14(16,17)13-11(20)6-5-10(19)12(13)9-3-1-8(7-18)2-4-9/h1-5H. The van der Waals surface area contributed by atoms with Crippen LogP contribution < -0.4 is 0 Å². The second-order valence-corrected chi connectivity index (χ2v) is 3.92. The molecule has 0 spiro atoms. The molecule has 0 aliphatic heterocycles. The average molecular weight is 276 g/mol. The first-order valence-electron chi connectivity index (χ1n) is 5.35. The van der Waals surface area contributed by atoms with E-state index in [1.807, 2.05) is 6.07 Å². The number of halogens is 3. The lowest BCUT2D eigenvalue weighted by Gasteiger charge is -2.17. The summed E-state index contributed by atoms with van der Waals surface area (Å²) in [4.78, 5) is 23.0. The molecule has 0 unspecified atom stereocenters. The Bertz CT molecular complexity index is 689. The van der Waals surface area contributed by atoms with Gasteiger partial charge in [-0.25, -0.2) is 0 Å². The minimum absolute atomic E-state index is 0.0626. The Kier molecular flexibility index (Phi) is 3.28. The molecule has 0 atom stereocenters. The zero-order valence-electron chi connectivity index (χ0n) is 9.78. The molecule has 0 bridgehead atoms. The van der Waals surface area contributed by atoms with Crippen molar-refractivity contribution in [2.75, 3.05) is 0 Å². The van der Waals surface area contributed by atoms with E-state index in [2.05, 4.69) is 0 Å². The number of nitrogens with zero attached hydrogens (tertiary/aromatic N) is 1. The zero-order chi connectivity index (χ0) is 14.9. The molecule has 0 heterocycles. The molecule has 1 aliphatic rings. The second kappa shape index (κ2) is 4.78. The van der Waals surface area contributed by atoms with Gasteiger partial charge in [-0.1, -0.05) is 12.1 Å². The minimum atomic E-state index is -4.95. The molecule has 0 aromatic heterocycles. The highest BCUT2D eigenvalue weighted by Crippen LogP contribution is 2.35.